The second kappa shape index (κ2) is 6.80. The Morgan fingerprint density at radius 1 is 1.33 bits per heavy atom. The number of rotatable bonds is 2. The molecular weight excluding hydrogens is 250 g/mol. The normalized spacial score (nSPS) is 9.78. The lowest BCUT2D eigenvalue weighted by molar-refractivity contribution is 0.128. The van der Waals surface area contributed by atoms with Gasteiger partial charge in [0.1, 0.15) is 0 Å². The molecule has 1 aromatic carbocycles. The molecule has 2 N–H and O–H groups in total. The van der Waals surface area contributed by atoms with Gasteiger partial charge in [-0.1, -0.05) is 18.2 Å². The summed E-state index contributed by atoms with van der Waals surface area (Å²) in [5.74, 6) is 0. The van der Waals surface area contributed by atoms with Crippen molar-refractivity contribution in [1.29, 1.82) is 0 Å². The van der Waals surface area contributed by atoms with E-state index in [0.29, 0.717) is 0 Å². The summed E-state index contributed by atoms with van der Waals surface area (Å²) >= 11 is 4.93. The molecule has 0 fully saturated rings. The first-order chi connectivity index (χ1) is 8.50. The Bertz CT molecular complexity index is 409. The van der Waals surface area contributed by atoms with Crippen molar-refractivity contribution in [3.8, 4) is 0 Å². The van der Waals surface area contributed by atoms with Gasteiger partial charge in [-0.05, 0) is 38.2 Å². The molecule has 0 aromatic heterocycles. The van der Waals surface area contributed by atoms with Crippen LogP contribution in [0.15, 0.2) is 30.3 Å². The zero-order valence-electron chi connectivity index (χ0n) is 10.6. The van der Waals surface area contributed by atoms with E-state index in [1.165, 1.54) is 4.90 Å². The van der Waals surface area contributed by atoms with Crippen molar-refractivity contribution < 1.29 is 9.63 Å². The number of carbonyl (C=O) groups is 1. The lowest BCUT2D eigenvalue weighted by Gasteiger charge is -2.18. The third-order valence-electron chi connectivity index (χ3n) is 2.07. The molecule has 0 unspecified atom stereocenters. The van der Waals surface area contributed by atoms with Gasteiger partial charge in [0.05, 0.1) is 0 Å². The van der Waals surface area contributed by atoms with E-state index in [1.807, 2.05) is 44.2 Å². The Labute approximate surface area is 112 Å². The molecule has 0 saturated heterocycles. The van der Waals surface area contributed by atoms with Gasteiger partial charge in [-0.25, -0.2) is 4.79 Å². The average Bonchev–Trinajstić information content (AvgIpc) is 2.35. The van der Waals surface area contributed by atoms with Crippen molar-refractivity contribution in [2.45, 2.75) is 19.9 Å². The largest absolute Gasteiger partial charge is 0.438 e. The SMILES string of the molecule is CC(C)NC(=S)NOC(=O)N(C)c1ccccc1. The van der Waals surface area contributed by atoms with Gasteiger partial charge >= 0.3 is 6.09 Å². The van der Waals surface area contributed by atoms with Crippen LogP contribution in [-0.2, 0) is 4.84 Å². The molecule has 0 aliphatic heterocycles. The first-order valence-corrected chi connectivity index (χ1v) is 5.97. The Kier molecular flexibility index (Phi) is 5.38. The number of thiocarbonyl (C=S) groups is 1. The number of anilines is 1. The molecule has 0 aliphatic rings. The maximum absolute atomic E-state index is 11.7. The molecule has 1 amide bonds. The summed E-state index contributed by atoms with van der Waals surface area (Å²) in [6.45, 7) is 3.87. The molecule has 18 heavy (non-hydrogen) atoms. The average molecular weight is 267 g/mol. The second-order valence-corrected chi connectivity index (χ2v) is 4.40. The molecule has 5 nitrogen and oxygen atoms in total. The van der Waals surface area contributed by atoms with E-state index in [4.69, 9.17) is 17.1 Å². The molecule has 0 aliphatic carbocycles. The number of hydrogen-bond acceptors (Lipinski definition) is 3. The molecule has 98 valence electrons. The van der Waals surface area contributed by atoms with Crippen LogP contribution < -0.4 is 15.7 Å². The van der Waals surface area contributed by atoms with E-state index in [2.05, 4.69) is 10.8 Å². The summed E-state index contributed by atoms with van der Waals surface area (Å²) in [5.41, 5.74) is 3.14. The molecule has 6 heteroatoms. The first kappa shape index (κ1) is 14.2. The highest BCUT2D eigenvalue weighted by atomic mass is 32.1. The number of nitrogens with one attached hydrogen (secondary N) is 2. The molecule has 0 bridgehead atoms. The van der Waals surface area contributed by atoms with Gasteiger partial charge in [-0.3, -0.25) is 4.90 Å². The maximum Gasteiger partial charge on any atom is 0.438 e. The third-order valence-corrected chi connectivity index (χ3v) is 2.27. The molecule has 0 radical (unpaired) electrons. The highest BCUT2D eigenvalue weighted by Crippen LogP contribution is 2.11. The summed E-state index contributed by atoms with van der Waals surface area (Å²) in [7, 11) is 1.62. The molecular formula is C12H17N3O2S. The van der Waals surface area contributed by atoms with E-state index >= 15 is 0 Å². The highest BCUT2D eigenvalue weighted by molar-refractivity contribution is 7.80. The number of benzene rings is 1. The number of hydroxylamine groups is 1. The van der Waals surface area contributed by atoms with E-state index in [9.17, 15) is 4.79 Å². The van der Waals surface area contributed by atoms with Crippen molar-refractivity contribution in [1.82, 2.24) is 10.8 Å². The topological polar surface area (TPSA) is 53.6 Å². The van der Waals surface area contributed by atoms with Gasteiger partial charge in [0.15, 0.2) is 5.11 Å². The molecule has 1 aromatic rings. The zero-order valence-corrected chi connectivity index (χ0v) is 11.5. The summed E-state index contributed by atoms with van der Waals surface area (Å²) in [6, 6.07) is 9.37. The van der Waals surface area contributed by atoms with E-state index in [-0.39, 0.29) is 11.2 Å². The second-order valence-electron chi connectivity index (χ2n) is 3.99. The Morgan fingerprint density at radius 2 is 1.94 bits per heavy atom. The van der Waals surface area contributed by atoms with Crippen LogP contribution in [0.2, 0.25) is 0 Å². The third kappa shape index (κ3) is 4.58. The van der Waals surface area contributed by atoms with Crippen LogP contribution in [0.3, 0.4) is 0 Å². The van der Waals surface area contributed by atoms with Gasteiger partial charge in [-0.15, -0.1) is 0 Å². The van der Waals surface area contributed by atoms with Crippen molar-refractivity contribution in [3.63, 3.8) is 0 Å². The number of nitrogens with zero attached hydrogens (tertiary/aromatic N) is 1. The van der Waals surface area contributed by atoms with Crippen LogP contribution in [0.1, 0.15) is 13.8 Å². The van der Waals surface area contributed by atoms with E-state index < -0.39 is 6.09 Å². The highest BCUT2D eigenvalue weighted by Gasteiger charge is 2.12. The van der Waals surface area contributed by atoms with Crippen molar-refractivity contribution in [2.75, 3.05) is 11.9 Å². The predicted molar refractivity (Wildman–Crippen MR) is 75.3 cm³/mol. The van der Waals surface area contributed by atoms with Gasteiger partial charge in [0.25, 0.3) is 0 Å². The standard InChI is InChI=1S/C12H17N3O2S/c1-9(2)13-11(18)14-17-12(16)15(3)10-7-5-4-6-8-10/h4-9H,1-3H3,(H2,13,14,18). The van der Waals surface area contributed by atoms with Crippen LogP contribution in [-0.4, -0.2) is 24.3 Å². The summed E-state index contributed by atoms with van der Waals surface area (Å²) in [5, 5.41) is 3.18. The first-order valence-electron chi connectivity index (χ1n) is 5.56. The summed E-state index contributed by atoms with van der Waals surface area (Å²) in [4.78, 5) is 17.9. The lowest BCUT2D eigenvalue weighted by Crippen LogP contribution is -2.42. The van der Waals surface area contributed by atoms with Gasteiger partial charge in [-0.2, -0.15) is 5.48 Å². The van der Waals surface area contributed by atoms with Gasteiger partial charge < -0.3 is 10.2 Å². The minimum absolute atomic E-state index is 0.176. The fourth-order valence-corrected chi connectivity index (χ4v) is 1.48. The fourth-order valence-electron chi connectivity index (χ4n) is 1.21. The number of hydrogen-bond donors (Lipinski definition) is 2. The van der Waals surface area contributed by atoms with Gasteiger partial charge in [0.2, 0.25) is 0 Å². The molecule has 0 spiro atoms. The summed E-state index contributed by atoms with van der Waals surface area (Å²) < 4.78 is 0. The number of para-hydroxylation sites is 1. The number of amides is 1. The Morgan fingerprint density at radius 3 is 2.50 bits per heavy atom. The van der Waals surface area contributed by atoms with E-state index in [1.54, 1.807) is 7.05 Å². The maximum atomic E-state index is 11.7. The smallest absolute Gasteiger partial charge is 0.358 e. The molecule has 1 rings (SSSR count). The molecule has 0 atom stereocenters. The molecule has 0 saturated carbocycles. The van der Waals surface area contributed by atoms with Crippen LogP contribution in [0.25, 0.3) is 0 Å². The van der Waals surface area contributed by atoms with Crippen molar-refractivity contribution in [2.24, 2.45) is 0 Å². The van der Waals surface area contributed by atoms with Crippen molar-refractivity contribution >= 4 is 29.1 Å². The predicted octanol–water partition coefficient (Wildman–Crippen LogP) is 2.05. The quantitative estimate of drug-likeness (QED) is 0.634. The monoisotopic (exact) mass is 267 g/mol. The molecule has 0 heterocycles. The van der Waals surface area contributed by atoms with Crippen molar-refractivity contribution in [3.05, 3.63) is 30.3 Å². The lowest BCUT2D eigenvalue weighted by atomic mass is 10.3. The van der Waals surface area contributed by atoms with Crippen LogP contribution in [0.4, 0.5) is 10.5 Å². The van der Waals surface area contributed by atoms with E-state index in [0.717, 1.165) is 5.69 Å². The summed E-state index contributed by atoms with van der Waals surface area (Å²) in [6.07, 6.45) is -0.533. The Balaban J connectivity index is 2.44. The minimum Gasteiger partial charge on any atom is -0.358 e. The van der Waals surface area contributed by atoms with Crippen LogP contribution >= 0.6 is 12.2 Å². The van der Waals surface area contributed by atoms with Crippen LogP contribution in [0.5, 0.6) is 0 Å². The minimum atomic E-state index is -0.533. The fraction of sp³-hybridized carbons (Fsp3) is 0.333. The number of carbonyl (C=O) groups excluding carboxylic acids is 1. The zero-order chi connectivity index (χ0) is 13.5. The van der Waals surface area contributed by atoms with Gasteiger partial charge in [0, 0.05) is 18.8 Å². The Hall–Kier alpha value is -1.82. The van der Waals surface area contributed by atoms with Crippen LogP contribution in [0, 0.1) is 0 Å².